The molecule has 0 aliphatic heterocycles. The molecule has 0 radical (unpaired) electrons. The number of aromatic nitrogens is 2. The maximum atomic E-state index is 5.56. The zero-order chi connectivity index (χ0) is 13.2. The van der Waals surface area contributed by atoms with E-state index < -0.39 is 0 Å². The second kappa shape index (κ2) is 5.06. The highest BCUT2D eigenvalue weighted by molar-refractivity contribution is 9.10. The molecule has 4 heteroatoms. The number of benzene rings is 1. The first-order chi connectivity index (χ1) is 8.45. The second-order valence-electron chi connectivity index (χ2n) is 5.06. The van der Waals surface area contributed by atoms with Crippen molar-refractivity contribution < 1.29 is 4.74 Å². The topological polar surface area (TPSA) is 35.0 Å². The molecule has 0 saturated carbocycles. The number of rotatable bonds is 2. The molecule has 0 N–H and O–H groups in total. The monoisotopic (exact) mass is 306 g/mol. The molecule has 2 aromatic rings. The molecule has 0 aliphatic rings. The van der Waals surface area contributed by atoms with E-state index in [1.54, 1.807) is 12.4 Å². The molecule has 0 unspecified atom stereocenters. The van der Waals surface area contributed by atoms with Crippen molar-refractivity contribution >= 4 is 15.9 Å². The lowest BCUT2D eigenvalue weighted by molar-refractivity contribution is 0.440. The smallest absolute Gasteiger partial charge is 0.321 e. The van der Waals surface area contributed by atoms with Crippen LogP contribution in [0.5, 0.6) is 11.8 Å². The van der Waals surface area contributed by atoms with E-state index in [0.29, 0.717) is 6.01 Å². The molecule has 94 valence electrons. The highest BCUT2D eigenvalue weighted by atomic mass is 79.9. The van der Waals surface area contributed by atoms with Crippen LogP contribution in [-0.2, 0) is 5.41 Å². The maximum Gasteiger partial charge on any atom is 0.321 e. The molecule has 0 bridgehead atoms. The molecule has 18 heavy (non-hydrogen) atoms. The van der Waals surface area contributed by atoms with Crippen molar-refractivity contribution in [3.8, 4) is 11.8 Å². The maximum absolute atomic E-state index is 5.56. The highest BCUT2D eigenvalue weighted by Gasteiger charge is 2.13. The van der Waals surface area contributed by atoms with E-state index in [0.717, 1.165) is 10.2 Å². The Hall–Kier alpha value is -1.42. The first kappa shape index (κ1) is 13.0. The summed E-state index contributed by atoms with van der Waals surface area (Å²) in [6.45, 7) is 6.54. The predicted molar refractivity (Wildman–Crippen MR) is 74.9 cm³/mol. The zero-order valence-electron chi connectivity index (χ0n) is 10.6. The molecule has 0 amide bonds. The van der Waals surface area contributed by atoms with Gasteiger partial charge in [0.15, 0.2) is 0 Å². The van der Waals surface area contributed by atoms with Crippen LogP contribution in [0.1, 0.15) is 26.3 Å². The quantitative estimate of drug-likeness (QED) is 0.828. The van der Waals surface area contributed by atoms with Crippen LogP contribution >= 0.6 is 15.9 Å². The van der Waals surface area contributed by atoms with Gasteiger partial charge in [0.25, 0.3) is 0 Å². The third-order valence-electron chi connectivity index (χ3n) is 2.53. The van der Waals surface area contributed by atoms with Gasteiger partial charge in [-0.25, -0.2) is 9.97 Å². The van der Waals surface area contributed by atoms with Crippen LogP contribution in [0.15, 0.2) is 41.1 Å². The Balaban J connectivity index is 2.13. The van der Waals surface area contributed by atoms with E-state index >= 15 is 0 Å². The molecule has 1 heterocycles. The SMILES string of the molecule is CC(C)(C)c1ccc(Oc2ncc(Br)cn2)cc1. The number of ether oxygens (including phenoxy) is 1. The molecule has 1 aromatic carbocycles. The lowest BCUT2D eigenvalue weighted by atomic mass is 9.87. The molecule has 2 rings (SSSR count). The van der Waals surface area contributed by atoms with Crippen LogP contribution in [0.3, 0.4) is 0 Å². The summed E-state index contributed by atoms with van der Waals surface area (Å²) in [4.78, 5) is 8.13. The molecule has 3 nitrogen and oxygen atoms in total. The Kier molecular flexibility index (Phi) is 3.66. The molecule has 0 aliphatic carbocycles. The van der Waals surface area contributed by atoms with Crippen LogP contribution in [0, 0.1) is 0 Å². The van der Waals surface area contributed by atoms with Gasteiger partial charge in [0.05, 0.1) is 4.47 Å². The third kappa shape index (κ3) is 3.29. The molecule has 0 fully saturated rings. The van der Waals surface area contributed by atoms with Gasteiger partial charge in [-0.15, -0.1) is 0 Å². The average molecular weight is 307 g/mol. The van der Waals surface area contributed by atoms with Gasteiger partial charge in [-0.2, -0.15) is 0 Å². The fourth-order valence-corrected chi connectivity index (χ4v) is 1.69. The standard InChI is InChI=1S/C14H15BrN2O/c1-14(2,3)10-4-6-12(7-5-10)18-13-16-8-11(15)9-17-13/h4-9H,1-3H3. The normalized spacial score (nSPS) is 11.3. The van der Waals surface area contributed by atoms with Gasteiger partial charge in [-0.3, -0.25) is 0 Å². The van der Waals surface area contributed by atoms with E-state index in [1.165, 1.54) is 5.56 Å². The molecule has 1 aromatic heterocycles. The van der Waals surface area contributed by atoms with Gasteiger partial charge in [0.2, 0.25) is 0 Å². The number of hydrogen-bond acceptors (Lipinski definition) is 3. The summed E-state index contributed by atoms with van der Waals surface area (Å²) in [5, 5.41) is 0. The summed E-state index contributed by atoms with van der Waals surface area (Å²) >= 11 is 3.28. The Morgan fingerprint density at radius 2 is 1.56 bits per heavy atom. The predicted octanol–water partition coefficient (Wildman–Crippen LogP) is 4.33. The molecular weight excluding hydrogens is 292 g/mol. The van der Waals surface area contributed by atoms with Gasteiger partial charge in [0.1, 0.15) is 5.75 Å². The first-order valence-electron chi connectivity index (χ1n) is 5.71. The lowest BCUT2D eigenvalue weighted by Gasteiger charge is -2.18. The minimum absolute atomic E-state index is 0.145. The summed E-state index contributed by atoms with van der Waals surface area (Å²) in [6, 6.07) is 8.35. The van der Waals surface area contributed by atoms with E-state index in [-0.39, 0.29) is 5.41 Å². The Labute approximate surface area is 115 Å². The number of hydrogen-bond donors (Lipinski definition) is 0. The fourth-order valence-electron chi connectivity index (χ4n) is 1.48. The van der Waals surface area contributed by atoms with Crippen molar-refractivity contribution in [1.29, 1.82) is 0 Å². The van der Waals surface area contributed by atoms with Crippen molar-refractivity contribution in [1.82, 2.24) is 9.97 Å². The minimum Gasteiger partial charge on any atom is -0.424 e. The molecule has 0 spiro atoms. The summed E-state index contributed by atoms with van der Waals surface area (Å²) in [5.74, 6) is 0.741. The average Bonchev–Trinajstić information content (AvgIpc) is 2.32. The van der Waals surface area contributed by atoms with Crippen LogP contribution in [0.2, 0.25) is 0 Å². The highest BCUT2D eigenvalue weighted by Crippen LogP contribution is 2.25. The lowest BCUT2D eigenvalue weighted by Crippen LogP contribution is -2.10. The van der Waals surface area contributed by atoms with Crippen molar-refractivity contribution in [2.75, 3.05) is 0 Å². The Morgan fingerprint density at radius 1 is 1.00 bits per heavy atom. The van der Waals surface area contributed by atoms with E-state index in [1.807, 2.05) is 12.1 Å². The Morgan fingerprint density at radius 3 is 2.06 bits per heavy atom. The van der Waals surface area contributed by atoms with Gasteiger partial charge < -0.3 is 4.74 Å². The number of halogens is 1. The van der Waals surface area contributed by atoms with Gasteiger partial charge in [-0.1, -0.05) is 32.9 Å². The molecule has 0 atom stereocenters. The molecule has 0 saturated heterocycles. The third-order valence-corrected chi connectivity index (χ3v) is 2.94. The second-order valence-corrected chi connectivity index (χ2v) is 5.98. The van der Waals surface area contributed by atoms with E-state index in [9.17, 15) is 0 Å². The minimum atomic E-state index is 0.145. The van der Waals surface area contributed by atoms with Crippen LogP contribution < -0.4 is 4.74 Å². The van der Waals surface area contributed by atoms with Crippen LogP contribution in [0.25, 0.3) is 0 Å². The van der Waals surface area contributed by atoms with Crippen LogP contribution in [0.4, 0.5) is 0 Å². The Bertz CT molecular complexity index is 515. The van der Waals surface area contributed by atoms with E-state index in [4.69, 9.17) is 4.74 Å². The largest absolute Gasteiger partial charge is 0.424 e. The van der Waals surface area contributed by atoms with Crippen molar-refractivity contribution in [3.05, 3.63) is 46.7 Å². The summed E-state index contributed by atoms with van der Waals surface area (Å²) in [7, 11) is 0. The van der Waals surface area contributed by atoms with Gasteiger partial charge in [0, 0.05) is 12.4 Å². The molecular formula is C14H15BrN2O. The van der Waals surface area contributed by atoms with Gasteiger partial charge >= 0.3 is 6.01 Å². The van der Waals surface area contributed by atoms with Crippen LogP contribution in [-0.4, -0.2) is 9.97 Å². The van der Waals surface area contributed by atoms with Crippen molar-refractivity contribution in [2.45, 2.75) is 26.2 Å². The van der Waals surface area contributed by atoms with E-state index in [2.05, 4.69) is 58.8 Å². The zero-order valence-corrected chi connectivity index (χ0v) is 12.2. The first-order valence-corrected chi connectivity index (χ1v) is 6.50. The summed E-state index contributed by atoms with van der Waals surface area (Å²) in [6.07, 6.45) is 3.32. The van der Waals surface area contributed by atoms with Crippen molar-refractivity contribution in [2.24, 2.45) is 0 Å². The van der Waals surface area contributed by atoms with Gasteiger partial charge in [-0.05, 0) is 39.0 Å². The summed E-state index contributed by atoms with van der Waals surface area (Å²) in [5.41, 5.74) is 1.42. The number of nitrogens with zero attached hydrogens (tertiary/aromatic N) is 2. The summed E-state index contributed by atoms with van der Waals surface area (Å²) < 4.78 is 6.39. The fraction of sp³-hybridized carbons (Fsp3) is 0.286. The van der Waals surface area contributed by atoms with Crippen molar-refractivity contribution in [3.63, 3.8) is 0 Å².